The molecule has 0 spiro atoms. The summed E-state index contributed by atoms with van der Waals surface area (Å²) in [6, 6.07) is 4.70. The van der Waals surface area contributed by atoms with Crippen LogP contribution in [0.3, 0.4) is 0 Å². The lowest BCUT2D eigenvalue weighted by atomic mass is 9.97. The predicted octanol–water partition coefficient (Wildman–Crippen LogP) is 2.21. The second-order valence-corrected chi connectivity index (χ2v) is 5.30. The van der Waals surface area contributed by atoms with Crippen molar-refractivity contribution in [1.82, 2.24) is 10.2 Å². The number of hydrogen-bond donors (Lipinski definition) is 1. The Morgan fingerprint density at radius 2 is 2.32 bits per heavy atom. The molecule has 1 aliphatic rings. The summed E-state index contributed by atoms with van der Waals surface area (Å²) in [5.74, 6) is -0.135. The molecule has 1 N–H and O–H groups in total. The first-order valence-corrected chi connectivity index (χ1v) is 6.82. The van der Waals surface area contributed by atoms with E-state index in [4.69, 9.17) is 0 Å². The minimum atomic E-state index is -0.425. The number of amides is 1. The first-order chi connectivity index (χ1) is 9.11. The van der Waals surface area contributed by atoms with Crippen LogP contribution >= 0.6 is 0 Å². The largest absolute Gasteiger partial charge is 0.338 e. The summed E-state index contributed by atoms with van der Waals surface area (Å²) < 4.78 is 13.8. The van der Waals surface area contributed by atoms with E-state index in [2.05, 4.69) is 5.32 Å². The fourth-order valence-corrected chi connectivity index (χ4v) is 2.68. The maximum Gasteiger partial charge on any atom is 0.256 e. The van der Waals surface area contributed by atoms with Gasteiger partial charge >= 0.3 is 0 Å². The number of rotatable bonds is 3. The SMILES string of the molecule is CNC[C@H]1CCCN(C(=O)c2cc(C)ccc2F)C1. The van der Waals surface area contributed by atoms with Crippen LogP contribution in [0.5, 0.6) is 0 Å². The van der Waals surface area contributed by atoms with Crippen molar-refractivity contribution in [2.45, 2.75) is 19.8 Å². The molecule has 19 heavy (non-hydrogen) atoms. The minimum Gasteiger partial charge on any atom is -0.338 e. The van der Waals surface area contributed by atoms with Gasteiger partial charge < -0.3 is 10.2 Å². The van der Waals surface area contributed by atoms with Gasteiger partial charge in [-0.15, -0.1) is 0 Å². The van der Waals surface area contributed by atoms with Crippen LogP contribution in [0.4, 0.5) is 4.39 Å². The average Bonchev–Trinajstić information content (AvgIpc) is 2.41. The van der Waals surface area contributed by atoms with Gasteiger partial charge in [0.15, 0.2) is 0 Å². The summed E-state index contributed by atoms with van der Waals surface area (Å²) in [6.45, 7) is 4.22. The van der Waals surface area contributed by atoms with Gasteiger partial charge in [0, 0.05) is 13.1 Å². The number of aryl methyl sites for hydroxylation is 1. The van der Waals surface area contributed by atoms with Crippen molar-refractivity contribution in [3.63, 3.8) is 0 Å². The number of halogens is 1. The molecule has 1 saturated heterocycles. The van der Waals surface area contributed by atoms with E-state index in [1.54, 1.807) is 17.0 Å². The standard InChI is InChI=1S/C15H21FN2O/c1-11-5-6-14(16)13(8-11)15(19)18-7-3-4-12(10-18)9-17-2/h5-6,8,12,17H,3-4,7,9-10H2,1-2H3/t12-/m1/s1. The Balaban J connectivity index is 2.12. The number of piperidine rings is 1. The molecule has 3 nitrogen and oxygen atoms in total. The Morgan fingerprint density at radius 3 is 3.05 bits per heavy atom. The van der Waals surface area contributed by atoms with Crippen molar-refractivity contribution >= 4 is 5.91 Å². The molecule has 0 radical (unpaired) electrons. The van der Waals surface area contributed by atoms with Gasteiger partial charge in [0.25, 0.3) is 5.91 Å². The topological polar surface area (TPSA) is 32.3 Å². The van der Waals surface area contributed by atoms with E-state index < -0.39 is 5.82 Å². The molecule has 4 heteroatoms. The summed E-state index contributed by atoms with van der Waals surface area (Å²) >= 11 is 0. The molecular formula is C15H21FN2O. The van der Waals surface area contributed by atoms with E-state index in [-0.39, 0.29) is 11.5 Å². The van der Waals surface area contributed by atoms with Crippen LogP contribution in [0, 0.1) is 18.7 Å². The summed E-state index contributed by atoms with van der Waals surface area (Å²) in [4.78, 5) is 14.2. The van der Waals surface area contributed by atoms with Crippen LogP contribution < -0.4 is 5.32 Å². The molecule has 0 saturated carbocycles. The molecule has 1 aromatic carbocycles. The fraction of sp³-hybridized carbons (Fsp3) is 0.533. The molecule has 0 unspecified atom stereocenters. The number of nitrogens with one attached hydrogen (secondary N) is 1. The highest BCUT2D eigenvalue weighted by Gasteiger charge is 2.25. The number of carbonyl (C=O) groups is 1. The average molecular weight is 264 g/mol. The number of nitrogens with zero attached hydrogens (tertiary/aromatic N) is 1. The molecule has 1 heterocycles. The van der Waals surface area contributed by atoms with Crippen LogP contribution in [0.1, 0.15) is 28.8 Å². The van der Waals surface area contributed by atoms with Crippen molar-refractivity contribution in [3.8, 4) is 0 Å². The monoisotopic (exact) mass is 264 g/mol. The maximum atomic E-state index is 13.8. The molecule has 1 amide bonds. The van der Waals surface area contributed by atoms with Crippen molar-refractivity contribution in [1.29, 1.82) is 0 Å². The van der Waals surface area contributed by atoms with E-state index >= 15 is 0 Å². The molecule has 2 rings (SSSR count). The first kappa shape index (κ1) is 14.0. The Morgan fingerprint density at radius 1 is 1.53 bits per heavy atom. The van der Waals surface area contributed by atoms with Gasteiger partial charge in [-0.2, -0.15) is 0 Å². The lowest BCUT2D eigenvalue weighted by Crippen LogP contribution is -2.42. The molecule has 0 bridgehead atoms. The highest BCUT2D eigenvalue weighted by Crippen LogP contribution is 2.20. The summed E-state index contributed by atoms with van der Waals surface area (Å²) in [5, 5.41) is 3.15. The zero-order chi connectivity index (χ0) is 13.8. The van der Waals surface area contributed by atoms with Crippen LogP contribution in [0.2, 0.25) is 0 Å². The molecular weight excluding hydrogens is 243 g/mol. The van der Waals surface area contributed by atoms with Gasteiger partial charge in [0.05, 0.1) is 5.56 Å². The van der Waals surface area contributed by atoms with Gasteiger partial charge in [-0.25, -0.2) is 4.39 Å². The van der Waals surface area contributed by atoms with E-state index in [0.717, 1.165) is 31.5 Å². The van der Waals surface area contributed by atoms with E-state index in [0.29, 0.717) is 12.5 Å². The lowest BCUT2D eigenvalue weighted by molar-refractivity contribution is 0.0669. The van der Waals surface area contributed by atoms with Crippen molar-refractivity contribution in [2.24, 2.45) is 5.92 Å². The van der Waals surface area contributed by atoms with Crippen molar-refractivity contribution in [2.75, 3.05) is 26.7 Å². The lowest BCUT2D eigenvalue weighted by Gasteiger charge is -2.32. The first-order valence-electron chi connectivity index (χ1n) is 6.82. The molecule has 1 aliphatic heterocycles. The van der Waals surface area contributed by atoms with Crippen LogP contribution in [0.15, 0.2) is 18.2 Å². The molecule has 1 aromatic rings. The predicted molar refractivity (Wildman–Crippen MR) is 73.7 cm³/mol. The van der Waals surface area contributed by atoms with Gasteiger partial charge in [-0.1, -0.05) is 11.6 Å². The van der Waals surface area contributed by atoms with Gasteiger partial charge in [-0.3, -0.25) is 4.79 Å². The second-order valence-electron chi connectivity index (χ2n) is 5.30. The second kappa shape index (κ2) is 6.15. The summed E-state index contributed by atoms with van der Waals surface area (Å²) in [6.07, 6.45) is 2.12. The van der Waals surface area contributed by atoms with Gasteiger partial charge in [-0.05, 0) is 51.4 Å². The summed E-state index contributed by atoms with van der Waals surface area (Å²) in [7, 11) is 1.92. The Bertz CT molecular complexity index is 459. The molecule has 0 aromatic heterocycles. The Labute approximate surface area is 113 Å². The number of hydrogen-bond acceptors (Lipinski definition) is 2. The molecule has 104 valence electrons. The normalized spacial score (nSPS) is 19.5. The maximum absolute atomic E-state index is 13.8. The third-order valence-corrected chi connectivity index (χ3v) is 3.65. The number of benzene rings is 1. The zero-order valence-electron chi connectivity index (χ0n) is 11.6. The number of carbonyl (C=O) groups excluding carboxylic acids is 1. The smallest absolute Gasteiger partial charge is 0.256 e. The van der Waals surface area contributed by atoms with E-state index in [1.807, 2.05) is 14.0 Å². The summed E-state index contributed by atoms with van der Waals surface area (Å²) in [5.41, 5.74) is 1.11. The molecule has 1 atom stereocenters. The third kappa shape index (κ3) is 3.32. The van der Waals surface area contributed by atoms with E-state index in [1.165, 1.54) is 6.07 Å². The molecule has 1 fully saturated rings. The number of likely N-dealkylation sites (tertiary alicyclic amines) is 1. The van der Waals surface area contributed by atoms with Crippen LogP contribution in [-0.4, -0.2) is 37.5 Å². The van der Waals surface area contributed by atoms with Gasteiger partial charge in [0.1, 0.15) is 5.82 Å². The Hall–Kier alpha value is -1.42. The Kier molecular flexibility index (Phi) is 4.53. The zero-order valence-corrected chi connectivity index (χ0v) is 11.6. The van der Waals surface area contributed by atoms with E-state index in [9.17, 15) is 9.18 Å². The third-order valence-electron chi connectivity index (χ3n) is 3.65. The molecule has 0 aliphatic carbocycles. The highest BCUT2D eigenvalue weighted by molar-refractivity contribution is 5.94. The fourth-order valence-electron chi connectivity index (χ4n) is 2.68. The van der Waals surface area contributed by atoms with Crippen LogP contribution in [0.25, 0.3) is 0 Å². The minimum absolute atomic E-state index is 0.179. The highest BCUT2D eigenvalue weighted by atomic mass is 19.1. The quantitative estimate of drug-likeness (QED) is 0.907. The van der Waals surface area contributed by atoms with Crippen molar-refractivity contribution in [3.05, 3.63) is 35.1 Å². The van der Waals surface area contributed by atoms with Crippen molar-refractivity contribution < 1.29 is 9.18 Å². The van der Waals surface area contributed by atoms with Gasteiger partial charge in [0.2, 0.25) is 0 Å². The van der Waals surface area contributed by atoms with Crippen LogP contribution in [-0.2, 0) is 0 Å².